The Hall–Kier alpha value is -3.98. The van der Waals surface area contributed by atoms with E-state index in [-0.39, 0.29) is 22.9 Å². The summed E-state index contributed by atoms with van der Waals surface area (Å²) in [5, 5.41) is 23.4. The van der Waals surface area contributed by atoms with Crippen molar-refractivity contribution in [2.75, 3.05) is 6.61 Å². The average Bonchev–Trinajstić information content (AvgIpc) is 3.22. The quantitative estimate of drug-likeness (QED) is 0.234. The highest BCUT2D eigenvalue weighted by Gasteiger charge is 2.23. The molecule has 10 heteroatoms. The number of carboxylic acids is 1. The molecule has 2 aromatic carbocycles. The van der Waals surface area contributed by atoms with Gasteiger partial charge in [0.25, 0.3) is 5.91 Å². The van der Waals surface area contributed by atoms with Crippen molar-refractivity contribution in [2.45, 2.75) is 38.6 Å². The number of ether oxygens (including phenoxy) is 1. The molecule has 4 N–H and O–H groups in total. The van der Waals surface area contributed by atoms with Gasteiger partial charge in [-0.2, -0.15) is 0 Å². The fourth-order valence-corrected chi connectivity index (χ4v) is 4.27. The van der Waals surface area contributed by atoms with E-state index < -0.39 is 30.2 Å². The number of nitrogens with one attached hydrogen (secondary N) is 2. The Bertz CT molecular complexity index is 1490. The Balaban J connectivity index is 1.46. The molecule has 1 atom stereocenters. The third-order valence-corrected chi connectivity index (χ3v) is 6.14. The van der Waals surface area contributed by atoms with E-state index in [1.807, 2.05) is 0 Å². The van der Waals surface area contributed by atoms with E-state index in [9.17, 15) is 24.6 Å². The number of carbonyl (C=O) groups is 2. The van der Waals surface area contributed by atoms with Crippen molar-refractivity contribution in [3.63, 3.8) is 0 Å². The molecule has 0 spiro atoms. The maximum atomic E-state index is 12.5. The van der Waals surface area contributed by atoms with Crippen LogP contribution in [0.5, 0.6) is 11.5 Å². The SMILES string of the molecule is CCCCc1cc(=O)oc2cc(OCC(=O)N[C@@H](Cc3c[nH]c4ccc(O)cc34)C(=O)O)c(Cl)cc12. The van der Waals surface area contributed by atoms with Gasteiger partial charge in [0.1, 0.15) is 23.1 Å². The van der Waals surface area contributed by atoms with E-state index in [0.29, 0.717) is 28.3 Å². The summed E-state index contributed by atoms with van der Waals surface area (Å²) in [7, 11) is 0. The third-order valence-electron chi connectivity index (χ3n) is 5.85. The summed E-state index contributed by atoms with van der Waals surface area (Å²) < 4.78 is 10.8. The number of aromatic amines is 1. The number of hydrogen-bond acceptors (Lipinski definition) is 6. The number of carboxylic acid groups (broad SMARTS) is 1. The highest BCUT2D eigenvalue weighted by Crippen LogP contribution is 2.32. The van der Waals surface area contributed by atoms with E-state index in [4.69, 9.17) is 20.8 Å². The maximum absolute atomic E-state index is 12.5. The van der Waals surface area contributed by atoms with Crippen molar-refractivity contribution in [2.24, 2.45) is 0 Å². The first-order chi connectivity index (χ1) is 17.2. The number of amides is 1. The fourth-order valence-electron chi connectivity index (χ4n) is 4.05. The lowest BCUT2D eigenvalue weighted by molar-refractivity contribution is -0.142. The molecule has 36 heavy (non-hydrogen) atoms. The zero-order valence-electron chi connectivity index (χ0n) is 19.5. The first kappa shape index (κ1) is 25.1. The number of halogens is 1. The molecule has 0 radical (unpaired) electrons. The average molecular weight is 513 g/mol. The van der Waals surface area contributed by atoms with Gasteiger partial charge in [-0.1, -0.05) is 24.9 Å². The number of phenols is 1. The number of H-pyrrole nitrogens is 1. The molecule has 0 aliphatic heterocycles. The molecule has 1 amide bonds. The molecule has 4 rings (SSSR count). The van der Waals surface area contributed by atoms with Gasteiger partial charge >= 0.3 is 11.6 Å². The van der Waals surface area contributed by atoms with Crippen molar-refractivity contribution in [3.8, 4) is 11.5 Å². The van der Waals surface area contributed by atoms with Crippen molar-refractivity contribution < 1.29 is 29.0 Å². The summed E-state index contributed by atoms with van der Waals surface area (Å²) in [5.74, 6) is -1.70. The van der Waals surface area contributed by atoms with Crippen molar-refractivity contribution in [1.82, 2.24) is 10.3 Å². The molecule has 0 aliphatic rings. The largest absolute Gasteiger partial charge is 0.508 e. The number of benzene rings is 2. The van der Waals surface area contributed by atoms with E-state index >= 15 is 0 Å². The topological polar surface area (TPSA) is 142 Å². The Labute approximate surface area is 210 Å². The molecule has 0 bridgehead atoms. The van der Waals surface area contributed by atoms with Gasteiger partial charge in [0.15, 0.2) is 6.61 Å². The minimum atomic E-state index is -1.23. The predicted octanol–water partition coefficient (Wildman–Crippen LogP) is 4.17. The molecule has 0 fully saturated rings. The van der Waals surface area contributed by atoms with Crippen LogP contribution in [0.15, 0.2) is 51.8 Å². The first-order valence-electron chi connectivity index (χ1n) is 11.5. The third kappa shape index (κ3) is 5.63. The standard InChI is InChI=1S/C26H25ClN2O7/c1-2-3-4-14-8-25(32)36-22-11-23(19(27)10-18(14)22)35-13-24(31)29-21(26(33)34)7-15-12-28-20-6-5-16(30)9-17(15)20/h5-6,8-12,21,28,30H,2-4,7,13H2,1H3,(H,29,31)(H,33,34)/t21-/m0/s1. The van der Waals surface area contributed by atoms with Crippen LogP contribution in [-0.4, -0.2) is 39.7 Å². The molecular formula is C26H25ClN2O7. The molecular weight excluding hydrogens is 488 g/mol. The molecule has 0 aliphatic carbocycles. The van der Waals surface area contributed by atoms with Crippen LogP contribution in [-0.2, 0) is 22.4 Å². The second-order valence-electron chi connectivity index (χ2n) is 8.47. The van der Waals surface area contributed by atoms with Crippen LogP contribution in [0.3, 0.4) is 0 Å². The van der Waals surface area contributed by atoms with Crippen LogP contribution in [0.1, 0.15) is 30.9 Å². The summed E-state index contributed by atoms with van der Waals surface area (Å²) in [6.07, 6.45) is 4.20. The van der Waals surface area contributed by atoms with Crippen LogP contribution in [0.4, 0.5) is 0 Å². The smallest absolute Gasteiger partial charge is 0.336 e. The van der Waals surface area contributed by atoms with Gasteiger partial charge < -0.3 is 29.7 Å². The highest BCUT2D eigenvalue weighted by molar-refractivity contribution is 6.32. The number of carbonyl (C=O) groups excluding carboxylic acids is 1. The number of hydrogen-bond donors (Lipinski definition) is 4. The number of aryl methyl sites for hydroxylation is 1. The summed E-state index contributed by atoms with van der Waals surface area (Å²) in [4.78, 5) is 39.3. The summed E-state index contributed by atoms with van der Waals surface area (Å²) in [5.41, 5.74) is 1.98. The molecule has 0 saturated heterocycles. The lowest BCUT2D eigenvalue weighted by Gasteiger charge is -2.15. The number of unbranched alkanes of at least 4 members (excludes halogenated alkanes) is 1. The van der Waals surface area contributed by atoms with Crippen LogP contribution < -0.4 is 15.7 Å². The van der Waals surface area contributed by atoms with E-state index in [1.165, 1.54) is 24.3 Å². The van der Waals surface area contributed by atoms with Crippen LogP contribution >= 0.6 is 11.6 Å². The second-order valence-corrected chi connectivity index (χ2v) is 8.88. The Morgan fingerprint density at radius 3 is 2.72 bits per heavy atom. The van der Waals surface area contributed by atoms with Gasteiger partial charge in [0.05, 0.1) is 5.02 Å². The normalized spacial score (nSPS) is 12.1. The minimum absolute atomic E-state index is 0.00699. The number of fused-ring (bicyclic) bond motifs is 2. The van der Waals surface area contributed by atoms with Gasteiger partial charge in [-0.15, -0.1) is 0 Å². The number of aromatic hydroxyl groups is 1. The number of phenolic OH excluding ortho intramolecular Hbond substituents is 1. The molecule has 0 saturated carbocycles. The lowest BCUT2D eigenvalue weighted by atomic mass is 10.0. The van der Waals surface area contributed by atoms with E-state index in [0.717, 1.165) is 23.9 Å². The summed E-state index contributed by atoms with van der Waals surface area (Å²) >= 11 is 6.36. The van der Waals surface area contributed by atoms with E-state index in [2.05, 4.69) is 17.2 Å². The molecule has 4 aromatic rings. The van der Waals surface area contributed by atoms with Crippen LogP contribution in [0.2, 0.25) is 5.02 Å². The fraction of sp³-hybridized carbons (Fsp3) is 0.269. The summed E-state index contributed by atoms with van der Waals surface area (Å²) in [6.45, 7) is 1.56. The number of aromatic nitrogens is 1. The van der Waals surface area contributed by atoms with Crippen molar-refractivity contribution in [1.29, 1.82) is 0 Å². The van der Waals surface area contributed by atoms with Gasteiger partial charge in [-0.05, 0) is 48.2 Å². The van der Waals surface area contributed by atoms with Crippen LogP contribution in [0, 0.1) is 0 Å². The lowest BCUT2D eigenvalue weighted by Crippen LogP contribution is -2.44. The Kier molecular flexibility index (Phi) is 7.49. The zero-order valence-corrected chi connectivity index (χ0v) is 20.2. The molecule has 2 aromatic heterocycles. The monoisotopic (exact) mass is 512 g/mol. The predicted molar refractivity (Wildman–Crippen MR) is 135 cm³/mol. The number of rotatable bonds is 10. The highest BCUT2D eigenvalue weighted by atomic mass is 35.5. The zero-order chi connectivity index (χ0) is 25.8. The van der Waals surface area contributed by atoms with Gasteiger partial charge in [-0.3, -0.25) is 4.79 Å². The molecule has 9 nitrogen and oxygen atoms in total. The van der Waals surface area contributed by atoms with Gasteiger partial charge in [-0.25, -0.2) is 9.59 Å². The van der Waals surface area contributed by atoms with Crippen molar-refractivity contribution in [3.05, 3.63) is 69.2 Å². The first-order valence-corrected chi connectivity index (χ1v) is 11.8. The van der Waals surface area contributed by atoms with E-state index in [1.54, 1.807) is 18.3 Å². The van der Waals surface area contributed by atoms with Crippen molar-refractivity contribution >= 4 is 45.3 Å². The van der Waals surface area contributed by atoms with Crippen LogP contribution in [0.25, 0.3) is 21.9 Å². The van der Waals surface area contributed by atoms with Gasteiger partial charge in [0.2, 0.25) is 0 Å². The Morgan fingerprint density at radius 1 is 1.17 bits per heavy atom. The molecule has 2 heterocycles. The van der Waals surface area contributed by atoms with Gasteiger partial charge in [0, 0.05) is 41.0 Å². The molecule has 188 valence electrons. The second kappa shape index (κ2) is 10.7. The minimum Gasteiger partial charge on any atom is -0.508 e. The summed E-state index contributed by atoms with van der Waals surface area (Å²) in [6, 6.07) is 8.03. The molecule has 0 unspecified atom stereocenters. The maximum Gasteiger partial charge on any atom is 0.336 e. The Morgan fingerprint density at radius 2 is 1.97 bits per heavy atom. The number of aliphatic carboxylic acids is 1.